The molecule has 0 spiro atoms. The second-order valence-corrected chi connectivity index (χ2v) is 6.15. The Morgan fingerprint density at radius 2 is 1.65 bits per heavy atom. The van der Waals surface area contributed by atoms with Crippen LogP contribution in [0.5, 0.6) is 0 Å². The van der Waals surface area contributed by atoms with Crippen molar-refractivity contribution in [3.05, 3.63) is 29.8 Å². The third kappa shape index (κ3) is 6.75. The van der Waals surface area contributed by atoms with Gasteiger partial charge in [-0.05, 0) is 18.6 Å². The Labute approximate surface area is 128 Å². The van der Waals surface area contributed by atoms with Crippen LogP contribution in [0.15, 0.2) is 29.2 Å². The minimum absolute atomic E-state index is 0.122. The summed E-state index contributed by atoms with van der Waals surface area (Å²) < 4.78 is 104. The molecular weight excluding hydrogens is 352 g/mol. The van der Waals surface area contributed by atoms with Crippen molar-refractivity contribution < 1.29 is 39.5 Å². The van der Waals surface area contributed by atoms with Crippen LogP contribution in [0.3, 0.4) is 0 Å². The van der Waals surface area contributed by atoms with E-state index in [0.29, 0.717) is 6.07 Å². The van der Waals surface area contributed by atoms with Gasteiger partial charge in [-0.2, -0.15) is 26.3 Å². The summed E-state index contributed by atoms with van der Waals surface area (Å²) in [6.45, 7) is -2.22. The van der Waals surface area contributed by atoms with Crippen molar-refractivity contribution in [3.63, 3.8) is 0 Å². The molecule has 1 aromatic carbocycles. The SMILES string of the molecule is O=S(=O)(NCCCOCC(F)(F)F)c1ccccc1C(F)(F)F. The van der Waals surface area contributed by atoms with E-state index in [-0.39, 0.29) is 19.6 Å². The highest BCUT2D eigenvalue weighted by atomic mass is 32.2. The molecule has 0 radical (unpaired) electrons. The number of halogens is 6. The van der Waals surface area contributed by atoms with Gasteiger partial charge in [0, 0.05) is 13.2 Å². The number of sulfonamides is 1. The van der Waals surface area contributed by atoms with Crippen molar-refractivity contribution in [1.29, 1.82) is 0 Å². The number of hydrogen-bond acceptors (Lipinski definition) is 3. The third-order valence-corrected chi connectivity index (χ3v) is 4.02. The van der Waals surface area contributed by atoms with E-state index < -0.39 is 39.4 Å². The lowest BCUT2D eigenvalue weighted by Crippen LogP contribution is -2.28. The zero-order chi connectivity index (χ0) is 17.7. The topological polar surface area (TPSA) is 55.4 Å². The monoisotopic (exact) mass is 365 g/mol. The van der Waals surface area contributed by atoms with Crippen LogP contribution >= 0.6 is 0 Å². The molecule has 0 saturated carbocycles. The average Bonchev–Trinajstić information content (AvgIpc) is 2.40. The Kier molecular flexibility index (Phi) is 6.42. The summed E-state index contributed by atoms with van der Waals surface area (Å²) in [4.78, 5) is -0.941. The molecule has 132 valence electrons. The van der Waals surface area contributed by atoms with Crippen LogP contribution in [0.25, 0.3) is 0 Å². The molecule has 23 heavy (non-hydrogen) atoms. The van der Waals surface area contributed by atoms with Gasteiger partial charge in [0.2, 0.25) is 10.0 Å². The molecule has 4 nitrogen and oxygen atoms in total. The Morgan fingerprint density at radius 3 is 2.22 bits per heavy atom. The highest BCUT2D eigenvalue weighted by molar-refractivity contribution is 7.89. The number of hydrogen-bond donors (Lipinski definition) is 1. The Morgan fingerprint density at radius 1 is 1.04 bits per heavy atom. The van der Waals surface area contributed by atoms with Crippen molar-refractivity contribution in [3.8, 4) is 0 Å². The summed E-state index contributed by atoms with van der Waals surface area (Å²) in [7, 11) is -4.44. The van der Waals surface area contributed by atoms with Gasteiger partial charge >= 0.3 is 12.4 Å². The normalized spacial score (nSPS) is 13.3. The molecule has 0 aliphatic rings. The largest absolute Gasteiger partial charge is 0.417 e. The zero-order valence-electron chi connectivity index (χ0n) is 11.5. The molecule has 0 unspecified atom stereocenters. The molecular formula is C12H13F6NO3S. The predicted octanol–water partition coefficient (Wildman–Crippen LogP) is 2.95. The molecule has 0 saturated heterocycles. The van der Waals surface area contributed by atoms with Crippen molar-refractivity contribution in [1.82, 2.24) is 4.72 Å². The number of rotatable bonds is 7. The van der Waals surface area contributed by atoms with E-state index in [0.717, 1.165) is 18.2 Å². The quantitative estimate of drug-likeness (QED) is 0.597. The van der Waals surface area contributed by atoms with Gasteiger partial charge in [-0.15, -0.1) is 0 Å². The maximum Gasteiger partial charge on any atom is 0.417 e. The van der Waals surface area contributed by atoms with Crippen LogP contribution in [0.4, 0.5) is 26.3 Å². The molecule has 0 bridgehead atoms. The lowest BCUT2D eigenvalue weighted by molar-refractivity contribution is -0.173. The molecule has 0 amide bonds. The van der Waals surface area contributed by atoms with E-state index in [4.69, 9.17) is 0 Å². The second kappa shape index (κ2) is 7.49. The molecule has 0 aromatic heterocycles. The lowest BCUT2D eigenvalue weighted by atomic mass is 10.2. The highest BCUT2D eigenvalue weighted by Gasteiger charge is 2.36. The molecule has 1 rings (SSSR count). The van der Waals surface area contributed by atoms with E-state index in [1.165, 1.54) is 0 Å². The van der Waals surface area contributed by atoms with E-state index in [2.05, 4.69) is 4.74 Å². The zero-order valence-corrected chi connectivity index (χ0v) is 12.4. The van der Waals surface area contributed by atoms with Gasteiger partial charge in [-0.1, -0.05) is 12.1 Å². The number of nitrogens with one attached hydrogen (secondary N) is 1. The van der Waals surface area contributed by atoms with E-state index in [1.807, 2.05) is 4.72 Å². The maximum absolute atomic E-state index is 12.8. The molecule has 1 aromatic rings. The highest BCUT2D eigenvalue weighted by Crippen LogP contribution is 2.33. The third-order valence-electron chi connectivity index (χ3n) is 2.51. The first kappa shape index (κ1) is 19.7. The van der Waals surface area contributed by atoms with Crippen LogP contribution in [-0.4, -0.2) is 34.4 Å². The number of alkyl halides is 6. The van der Waals surface area contributed by atoms with Gasteiger partial charge in [-0.25, -0.2) is 13.1 Å². The average molecular weight is 365 g/mol. The molecule has 11 heteroatoms. The summed E-state index contributed by atoms with van der Waals surface area (Å²) in [5, 5.41) is 0. The predicted molar refractivity (Wildman–Crippen MR) is 68.1 cm³/mol. The van der Waals surface area contributed by atoms with Crippen molar-refractivity contribution >= 4 is 10.0 Å². The van der Waals surface area contributed by atoms with E-state index in [9.17, 15) is 34.8 Å². The van der Waals surface area contributed by atoms with Crippen molar-refractivity contribution in [2.24, 2.45) is 0 Å². The number of ether oxygens (including phenoxy) is 1. The fraction of sp³-hybridized carbons (Fsp3) is 0.500. The smallest absolute Gasteiger partial charge is 0.372 e. The second-order valence-electron chi connectivity index (χ2n) is 4.41. The van der Waals surface area contributed by atoms with Gasteiger partial charge in [0.25, 0.3) is 0 Å². The summed E-state index contributed by atoms with van der Waals surface area (Å²) in [5.41, 5.74) is -1.32. The molecule has 0 fully saturated rings. The van der Waals surface area contributed by atoms with Gasteiger partial charge in [-0.3, -0.25) is 0 Å². The number of benzene rings is 1. The summed E-state index contributed by atoms with van der Waals surface area (Å²) in [6, 6.07) is 3.61. The molecule has 1 N–H and O–H groups in total. The van der Waals surface area contributed by atoms with Crippen LogP contribution in [0, 0.1) is 0 Å². The van der Waals surface area contributed by atoms with Gasteiger partial charge in [0.15, 0.2) is 0 Å². The first-order valence-electron chi connectivity index (χ1n) is 6.24. The first-order valence-corrected chi connectivity index (χ1v) is 7.72. The van der Waals surface area contributed by atoms with Crippen molar-refractivity contribution in [2.45, 2.75) is 23.7 Å². The van der Waals surface area contributed by atoms with Gasteiger partial charge in [0.05, 0.1) is 10.5 Å². The Balaban J connectivity index is 2.61. The van der Waals surface area contributed by atoms with Crippen LogP contribution < -0.4 is 4.72 Å². The van der Waals surface area contributed by atoms with Crippen molar-refractivity contribution in [2.75, 3.05) is 19.8 Å². The molecule has 0 aliphatic carbocycles. The standard InChI is InChI=1S/C12H13F6NO3S/c13-11(14,15)8-22-7-3-6-19-23(20,21)10-5-2-1-4-9(10)12(16,17)18/h1-2,4-5,19H,3,6-8H2. The van der Waals surface area contributed by atoms with Crippen LogP contribution in [-0.2, 0) is 20.9 Å². The minimum Gasteiger partial charge on any atom is -0.372 e. The van der Waals surface area contributed by atoms with Crippen LogP contribution in [0.1, 0.15) is 12.0 Å². The summed E-state index contributed by atoms with van der Waals surface area (Å²) in [5.74, 6) is 0. The molecule has 0 aliphatic heterocycles. The first-order chi connectivity index (χ1) is 10.4. The molecule has 0 atom stereocenters. The van der Waals surface area contributed by atoms with E-state index >= 15 is 0 Å². The maximum atomic E-state index is 12.8. The summed E-state index contributed by atoms with van der Waals surface area (Å²) in [6.07, 6.45) is -9.46. The Hall–Kier alpha value is -1.33. The van der Waals surface area contributed by atoms with E-state index in [1.54, 1.807) is 0 Å². The van der Waals surface area contributed by atoms with Gasteiger partial charge < -0.3 is 4.74 Å². The van der Waals surface area contributed by atoms with Crippen LogP contribution in [0.2, 0.25) is 0 Å². The minimum atomic E-state index is -4.85. The molecule has 0 heterocycles. The summed E-state index contributed by atoms with van der Waals surface area (Å²) >= 11 is 0. The lowest BCUT2D eigenvalue weighted by Gasteiger charge is -2.13. The fourth-order valence-corrected chi connectivity index (χ4v) is 2.88. The van der Waals surface area contributed by atoms with Gasteiger partial charge in [0.1, 0.15) is 6.61 Å². The Bertz CT molecular complexity index is 612. The fourth-order valence-electron chi connectivity index (χ4n) is 1.58.